The Kier molecular flexibility index (Phi) is 3.10. The monoisotopic (exact) mass is 208 g/mol. The quantitative estimate of drug-likeness (QED) is 0.826. The molecule has 0 atom stereocenters. The van der Waals surface area contributed by atoms with Crippen molar-refractivity contribution in [2.45, 2.75) is 57.6 Å². The van der Waals surface area contributed by atoms with Crippen LogP contribution in [0.4, 0.5) is 0 Å². The largest absolute Gasteiger partial charge is 0.388 e. The Morgan fingerprint density at radius 2 is 2.13 bits per heavy atom. The van der Waals surface area contributed by atoms with Gasteiger partial charge in [0, 0.05) is 6.20 Å². The molecule has 15 heavy (non-hydrogen) atoms. The van der Waals surface area contributed by atoms with Crippen LogP contribution in [0.2, 0.25) is 0 Å². The van der Waals surface area contributed by atoms with Crippen molar-refractivity contribution in [1.29, 1.82) is 0 Å². The van der Waals surface area contributed by atoms with Crippen LogP contribution in [0.1, 0.15) is 44.6 Å². The zero-order valence-corrected chi connectivity index (χ0v) is 9.45. The van der Waals surface area contributed by atoms with E-state index in [4.69, 9.17) is 0 Å². The summed E-state index contributed by atoms with van der Waals surface area (Å²) in [7, 11) is 0. The second-order valence-corrected chi connectivity index (χ2v) is 4.68. The van der Waals surface area contributed by atoms with E-state index in [2.05, 4.69) is 12.0 Å². The fraction of sp³-hybridized carbons (Fsp3) is 0.750. The molecule has 2 rings (SSSR count). The topological polar surface area (TPSA) is 38.0 Å². The Morgan fingerprint density at radius 3 is 2.73 bits per heavy atom. The van der Waals surface area contributed by atoms with E-state index in [1.165, 1.54) is 12.0 Å². The van der Waals surface area contributed by atoms with Crippen LogP contribution in [0.5, 0.6) is 0 Å². The summed E-state index contributed by atoms with van der Waals surface area (Å²) in [6.07, 6.45) is 10.4. The Hall–Kier alpha value is -0.830. The molecule has 1 saturated carbocycles. The van der Waals surface area contributed by atoms with Crippen molar-refractivity contribution >= 4 is 0 Å². The first-order valence-corrected chi connectivity index (χ1v) is 5.95. The molecule has 1 N–H and O–H groups in total. The van der Waals surface area contributed by atoms with Gasteiger partial charge in [0.25, 0.3) is 0 Å². The molecular formula is C12H20N2O. The highest BCUT2D eigenvalue weighted by Crippen LogP contribution is 2.29. The Balaban J connectivity index is 2.00. The Morgan fingerprint density at radius 1 is 1.40 bits per heavy atom. The van der Waals surface area contributed by atoms with Crippen molar-refractivity contribution in [2.24, 2.45) is 0 Å². The van der Waals surface area contributed by atoms with Gasteiger partial charge < -0.3 is 5.11 Å². The Labute approximate surface area is 91.1 Å². The van der Waals surface area contributed by atoms with Crippen LogP contribution in [-0.2, 0) is 13.0 Å². The van der Waals surface area contributed by atoms with Gasteiger partial charge in [-0.2, -0.15) is 5.10 Å². The smallest absolute Gasteiger partial charge is 0.0842 e. The molecule has 1 aliphatic carbocycles. The number of hydrogen-bond donors (Lipinski definition) is 1. The van der Waals surface area contributed by atoms with E-state index in [-0.39, 0.29) is 0 Å². The standard InChI is InChI=1S/C12H20N2O/c1-2-11-8-13-14(9-11)10-12(15)6-4-3-5-7-12/h8-9,15H,2-7,10H2,1H3. The van der Waals surface area contributed by atoms with Crippen LogP contribution in [0, 0.1) is 0 Å². The van der Waals surface area contributed by atoms with Gasteiger partial charge in [0.05, 0.1) is 18.3 Å². The number of aliphatic hydroxyl groups is 1. The molecule has 84 valence electrons. The Bertz CT molecular complexity index is 313. The van der Waals surface area contributed by atoms with Gasteiger partial charge in [-0.25, -0.2) is 0 Å². The summed E-state index contributed by atoms with van der Waals surface area (Å²) in [6, 6.07) is 0. The molecule has 0 aliphatic heterocycles. The first-order chi connectivity index (χ1) is 7.22. The van der Waals surface area contributed by atoms with E-state index in [1.54, 1.807) is 0 Å². The molecule has 1 aromatic heterocycles. The van der Waals surface area contributed by atoms with Gasteiger partial charge in [0.1, 0.15) is 0 Å². The van der Waals surface area contributed by atoms with Gasteiger partial charge in [-0.3, -0.25) is 4.68 Å². The summed E-state index contributed by atoms with van der Waals surface area (Å²) >= 11 is 0. The van der Waals surface area contributed by atoms with Gasteiger partial charge in [0.2, 0.25) is 0 Å². The third-order valence-electron chi connectivity index (χ3n) is 3.34. The summed E-state index contributed by atoms with van der Waals surface area (Å²) in [5, 5.41) is 14.6. The lowest BCUT2D eigenvalue weighted by molar-refractivity contribution is -0.0142. The highest BCUT2D eigenvalue weighted by Gasteiger charge is 2.29. The summed E-state index contributed by atoms with van der Waals surface area (Å²) in [5.74, 6) is 0. The van der Waals surface area contributed by atoms with Gasteiger partial charge in [-0.05, 0) is 24.8 Å². The number of hydrogen-bond acceptors (Lipinski definition) is 2. The number of aryl methyl sites for hydroxylation is 1. The third kappa shape index (κ3) is 2.59. The maximum atomic E-state index is 10.3. The van der Waals surface area contributed by atoms with E-state index in [0.29, 0.717) is 6.54 Å². The van der Waals surface area contributed by atoms with Gasteiger partial charge in [-0.15, -0.1) is 0 Å². The van der Waals surface area contributed by atoms with E-state index >= 15 is 0 Å². The lowest BCUT2D eigenvalue weighted by Gasteiger charge is -2.31. The summed E-state index contributed by atoms with van der Waals surface area (Å²) in [5.41, 5.74) is 0.740. The highest BCUT2D eigenvalue weighted by molar-refractivity contribution is 5.03. The van der Waals surface area contributed by atoms with Gasteiger partial charge >= 0.3 is 0 Å². The van der Waals surface area contributed by atoms with E-state index in [0.717, 1.165) is 32.1 Å². The molecule has 0 unspecified atom stereocenters. The predicted octanol–water partition coefficient (Wildman–Crippen LogP) is 2.14. The number of aromatic nitrogens is 2. The molecule has 1 aliphatic rings. The lowest BCUT2D eigenvalue weighted by Crippen LogP contribution is -2.36. The predicted molar refractivity (Wildman–Crippen MR) is 59.6 cm³/mol. The van der Waals surface area contributed by atoms with Crippen LogP contribution in [0.15, 0.2) is 12.4 Å². The van der Waals surface area contributed by atoms with Gasteiger partial charge in [-0.1, -0.05) is 26.2 Å². The second-order valence-electron chi connectivity index (χ2n) is 4.68. The summed E-state index contributed by atoms with van der Waals surface area (Å²) in [6.45, 7) is 2.78. The molecule has 1 fully saturated rings. The summed E-state index contributed by atoms with van der Waals surface area (Å²) < 4.78 is 1.89. The normalized spacial score (nSPS) is 20.4. The van der Waals surface area contributed by atoms with Crippen LogP contribution >= 0.6 is 0 Å². The van der Waals surface area contributed by atoms with Gasteiger partial charge in [0.15, 0.2) is 0 Å². The van der Waals surface area contributed by atoms with E-state index < -0.39 is 5.60 Å². The third-order valence-corrected chi connectivity index (χ3v) is 3.34. The molecule has 1 heterocycles. The van der Waals surface area contributed by atoms with Crippen LogP contribution in [-0.4, -0.2) is 20.5 Å². The minimum Gasteiger partial charge on any atom is -0.388 e. The lowest BCUT2D eigenvalue weighted by atomic mass is 9.85. The molecule has 0 radical (unpaired) electrons. The molecule has 0 spiro atoms. The molecule has 3 nitrogen and oxygen atoms in total. The maximum absolute atomic E-state index is 10.3. The number of rotatable bonds is 3. The average molecular weight is 208 g/mol. The van der Waals surface area contributed by atoms with Crippen LogP contribution < -0.4 is 0 Å². The molecule has 3 heteroatoms. The van der Waals surface area contributed by atoms with E-state index in [9.17, 15) is 5.11 Å². The first kappa shape index (κ1) is 10.7. The summed E-state index contributed by atoms with van der Waals surface area (Å²) in [4.78, 5) is 0. The highest BCUT2D eigenvalue weighted by atomic mass is 16.3. The molecule has 0 aromatic carbocycles. The van der Waals surface area contributed by atoms with E-state index in [1.807, 2.05) is 17.1 Å². The maximum Gasteiger partial charge on any atom is 0.0842 e. The van der Waals surface area contributed by atoms with Crippen LogP contribution in [0.3, 0.4) is 0 Å². The zero-order chi connectivity index (χ0) is 10.7. The SMILES string of the molecule is CCc1cnn(CC2(O)CCCCC2)c1. The van der Waals surface area contributed by atoms with Crippen LogP contribution in [0.25, 0.3) is 0 Å². The fourth-order valence-corrected chi connectivity index (χ4v) is 2.34. The number of nitrogens with zero attached hydrogens (tertiary/aromatic N) is 2. The molecular weight excluding hydrogens is 188 g/mol. The average Bonchev–Trinajstić information content (AvgIpc) is 2.66. The fourth-order valence-electron chi connectivity index (χ4n) is 2.34. The molecule has 1 aromatic rings. The van der Waals surface area contributed by atoms with Crippen molar-refractivity contribution < 1.29 is 5.11 Å². The van der Waals surface area contributed by atoms with Crippen molar-refractivity contribution in [3.63, 3.8) is 0 Å². The molecule has 0 saturated heterocycles. The zero-order valence-electron chi connectivity index (χ0n) is 9.45. The van der Waals surface area contributed by atoms with Crippen molar-refractivity contribution in [3.8, 4) is 0 Å². The second kappa shape index (κ2) is 4.35. The van der Waals surface area contributed by atoms with Crippen molar-refractivity contribution in [2.75, 3.05) is 0 Å². The minimum absolute atomic E-state index is 0.505. The molecule has 0 bridgehead atoms. The molecule has 0 amide bonds. The van der Waals surface area contributed by atoms with Crippen molar-refractivity contribution in [3.05, 3.63) is 18.0 Å². The minimum atomic E-state index is -0.505. The first-order valence-electron chi connectivity index (χ1n) is 5.95. The van der Waals surface area contributed by atoms with Crippen molar-refractivity contribution in [1.82, 2.24) is 9.78 Å².